The van der Waals surface area contributed by atoms with E-state index in [1.165, 1.54) is 35.5 Å². The quantitative estimate of drug-likeness (QED) is 0.128. The first kappa shape index (κ1) is 34.8. The molecule has 0 fully saturated rings. The molecule has 0 amide bonds. The predicted octanol–water partition coefficient (Wildman–Crippen LogP) is 6.39. The summed E-state index contributed by atoms with van der Waals surface area (Å²) in [5, 5.41) is 0. The number of rotatable bonds is 11. The molecule has 10 nitrogen and oxygen atoms in total. The van der Waals surface area contributed by atoms with Gasteiger partial charge >= 0.3 is 12.1 Å². The van der Waals surface area contributed by atoms with Crippen molar-refractivity contribution in [2.75, 3.05) is 42.7 Å². The number of Topliss-reactive ketones (excluding diaryl/α,β-unsaturated/α-hetero) is 1. The molecule has 2 heterocycles. The van der Waals surface area contributed by atoms with Crippen molar-refractivity contribution >= 4 is 20.1 Å². The molecule has 0 N–H and O–H groups in total. The van der Waals surface area contributed by atoms with E-state index in [1.807, 2.05) is 19.6 Å². The van der Waals surface area contributed by atoms with E-state index in [0.29, 0.717) is 11.3 Å². The molecule has 2 aliphatic rings. The fourth-order valence-corrected chi connectivity index (χ4v) is 7.43. The van der Waals surface area contributed by atoms with Crippen molar-refractivity contribution in [1.29, 1.82) is 0 Å². The Kier molecular flexibility index (Phi) is 8.82. The van der Waals surface area contributed by atoms with Gasteiger partial charge in [-0.3, -0.25) is 4.79 Å². The summed E-state index contributed by atoms with van der Waals surface area (Å²) in [4.78, 5) is 28.9. The molecule has 0 spiro atoms. The van der Waals surface area contributed by atoms with Crippen LogP contribution in [-0.4, -0.2) is 62.7 Å². The smallest absolute Gasteiger partial charge is 0.416 e. The van der Waals surface area contributed by atoms with Crippen LogP contribution in [0.15, 0.2) is 59.7 Å². The first-order valence-corrected chi connectivity index (χ1v) is 18.0. The summed E-state index contributed by atoms with van der Waals surface area (Å²) in [5.41, 5.74) is -2.79. The van der Waals surface area contributed by atoms with Gasteiger partial charge in [0.2, 0.25) is 11.5 Å². The molecule has 2 aliphatic heterocycles. The van der Waals surface area contributed by atoms with E-state index in [-0.39, 0.29) is 50.8 Å². The van der Waals surface area contributed by atoms with E-state index in [0.717, 1.165) is 31.4 Å². The number of alkyl halides is 3. The second kappa shape index (κ2) is 12.2. The Morgan fingerprint density at radius 2 is 1.33 bits per heavy atom. The van der Waals surface area contributed by atoms with Crippen molar-refractivity contribution in [3.05, 3.63) is 87.5 Å². The molecule has 2 bridgehead atoms. The zero-order valence-electron chi connectivity index (χ0n) is 27.8. The molecular weight excluding hydrogens is 653 g/mol. The minimum Gasteiger partial charge on any atom is -0.493 e. The summed E-state index contributed by atoms with van der Waals surface area (Å²) in [7, 11) is 5.49. The van der Waals surface area contributed by atoms with Crippen molar-refractivity contribution in [2.45, 2.75) is 37.2 Å². The molecule has 5 rings (SSSR count). The maximum Gasteiger partial charge on any atom is 0.416 e. The predicted molar refractivity (Wildman–Crippen MR) is 168 cm³/mol. The molecule has 3 aromatic rings. The van der Waals surface area contributed by atoms with Crippen LogP contribution in [0, 0.1) is 0 Å². The highest BCUT2D eigenvalue weighted by Crippen LogP contribution is 2.69. The van der Waals surface area contributed by atoms with Gasteiger partial charge in [-0.05, 0) is 55.5 Å². The van der Waals surface area contributed by atoms with Gasteiger partial charge in [-0.1, -0.05) is 18.2 Å². The average Bonchev–Trinajstić information content (AvgIpc) is 3.51. The lowest BCUT2D eigenvalue weighted by molar-refractivity contribution is -0.180. The number of carbonyl (C=O) groups excluding carboxylic acids is 2. The van der Waals surface area contributed by atoms with Gasteiger partial charge in [-0.2, -0.15) is 13.2 Å². The van der Waals surface area contributed by atoms with Gasteiger partial charge < -0.3 is 37.6 Å². The highest BCUT2D eigenvalue weighted by atomic mass is 28.4. The molecule has 0 aliphatic carbocycles. The van der Waals surface area contributed by atoms with Crippen LogP contribution < -0.4 is 23.7 Å². The maximum absolute atomic E-state index is 14.7. The van der Waals surface area contributed by atoms with E-state index in [4.69, 9.17) is 37.6 Å². The van der Waals surface area contributed by atoms with Crippen LogP contribution in [0.5, 0.6) is 28.7 Å². The van der Waals surface area contributed by atoms with Gasteiger partial charge in [0, 0.05) is 16.7 Å². The minimum absolute atomic E-state index is 0.116. The van der Waals surface area contributed by atoms with Crippen LogP contribution in [0.2, 0.25) is 19.6 Å². The minimum atomic E-state index is -4.64. The molecule has 2 unspecified atom stereocenters. The molecule has 3 aromatic carbocycles. The van der Waals surface area contributed by atoms with Gasteiger partial charge in [0.1, 0.15) is 0 Å². The zero-order valence-corrected chi connectivity index (χ0v) is 28.8. The van der Waals surface area contributed by atoms with E-state index in [9.17, 15) is 22.8 Å². The Bertz CT molecular complexity index is 1810. The number of hydrogen-bond donors (Lipinski definition) is 0. The van der Waals surface area contributed by atoms with Crippen LogP contribution in [0.1, 0.15) is 32.6 Å². The lowest BCUT2D eigenvalue weighted by Gasteiger charge is -2.36. The topological polar surface area (TPSA) is 108 Å². The summed E-state index contributed by atoms with van der Waals surface area (Å²) in [5.74, 6) is -2.75. The van der Waals surface area contributed by atoms with Crippen molar-refractivity contribution in [3.63, 3.8) is 0 Å². The SMILES string of the molecule is COC(=O)C1=C(C(=O)c2ccc(C(F)(F)F)cc2)C2(O[Si](C)(C)C)OC1(c1ccc(OC)c(OC)c1)c1c2cc(OC)c(OC)c1OC. The summed E-state index contributed by atoms with van der Waals surface area (Å²) >= 11 is 0. The first-order valence-electron chi connectivity index (χ1n) is 14.6. The molecular formula is C34H35F3O10Si. The molecule has 0 aromatic heterocycles. The van der Waals surface area contributed by atoms with Crippen molar-refractivity contribution in [2.24, 2.45) is 0 Å². The van der Waals surface area contributed by atoms with E-state index < -0.39 is 43.2 Å². The van der Waals surface area contributed by atoms with Gasteiger partial charge in [-0.15, -0.1) is 0 Å². The second-order valence-electron chi connectivity index (χ2n) is 11.9. The number of esters is 1. The highest BCUT2D eigenvalue weighted by molar-refractivity contribution is 6.69. The van der Waals surface area contributed by atoms with Gasteiger partial charge in [0.25, 0.3) is 0 Å². The highest BCUT2D eigenvalue weighted by Gasteiger charge is 2.71. The molecule has 256 valence electrons. The molecule has 14 heteroatoms. The summed E-state index contributed by atoms with van der Waals surface area (Å²) in [6.45, 7) is 5.57. The lowest BCUT2D eigenvalue weighted by atomic mass is 9.70. The number of hydrogen-bond acceptors (Lipinski definition) is 10. The van der Waals surface area contributed by atoms with Crippen molar-refractivity contribution in [1.82, 2.24) is 0 Å². The molecule has 48 heavy (non-hydrogen) atoms. The number of carbonyl (C=O) groups is 2. The van der Waals surface area contributed by atoms with Crippen LogP contribution in [0.4, 0.5) is 13.2 Å². The van der Waals surface area contributed by atoms with Gasteiger partial charge in [-0.25, -0.2) is 4.79 Å². The summed E-state index contributed by atoms with van der Waals surface area (Å²) < 4.78 is 88.0. The number of fused-ring (bicyclic) bond motifs is 5. The number of ether oxygens (including phenoxy) is 7. The molecule has 2 atom stereocenters. The third kappa shape index (κ3) is 5.18. The second-order valence-corrected chi connectivity index (χ2v) is 16.3. The fraction of sp³-hybridized carbons (Fsp3) is 0.353. The van der Waals surface area contributed by atoms with Gasteiger partial charge in [0.05, 0.1) is 59.4 Å². The molecule has 0 saturated heterocycles. The fourth-order valence-electron chi connectivity index (χ4n) is 6.32. The third-order valence-electron chi connectivity index (χ3n) is 8.10. The van der Waals surface area contributed by atoms with E-state index in [1.54, 1.807) is 24.3 Å². The van der Waals surface area contributed by atoms with Crippen LogP contribution in [0.3, 0.4) is 0 Å². The average molecular weight is 689 g/mol. The Morgan fingerprint density at radius 3 is 1.83 bits per heavy atom. The van der Waals surface area contributed by atoms with E-state index in [2.05, 4.69) is 0 Å². The number of methoxy groups -OCH3 is 6. The number of ketones is 1. The number of benzene rings is 3. The van der Waals surface area contributed by atoms with Crippen LogP contribution >= 0.6 is 0 Å². The third-order valence-corrected chi connectivity index (χ3v) is 9.00. The Labute approximate surface area is 276 Å². The van der Waals surface area contributed by atoms with Gasteiger partial charge in [0.15, 0.2) is 42.7 Å². The molecule has 0 radical (unpaired) electrons. The summed E-state index contributed by atoms with van der Waals surface area (Å²) in [6.07, 6.45) is -4.64. The Balaban J connectivity index is 1.99. The van der Waals surface area contributed by atoms with Crippen molar-refractivity contribution < 1.29 is 60.3 Å². The van der Waals surface area contributed by atoms with E-state index >= 15 is 0 Å². The standard InChI is InChI=1S/C34H35F3O10Si/c1-40-22-15-14-20(16-23(22)41-2)32-25-21(17-24(42-3)29(43-4)30(25)44-5)33(46-32,47-48(7,8)9)26(27(32)31(39)45-6)28(38)18-10-12-19(13-11-18)34(35,36)37/h10-17H,1-9H3. The largest absolute Gasteiger partial charge is 0.493 e. The monoisotopic (exact) mass is 688 g/mol. The zero-order chi connectivity index (χ0) is 35.4. The Morgan fingerprint density at radius 1 is 0.729 bits per heavy atom. The Hall–Kier alpha value is -4.53. The molecule has 0 saturated carbocycles. The van der Waals surface area contributed by atoms with Crippen LogP contribution in [-0.2, 0) is 36.3 Å². The van der Waals surface area contributed by atoms with Crippen LogP contribution in [0.25, 0.3) is 0 Å². The number of halogens is 3. The normalized spacial score (nSPS) is 19.9. The summed E-state index contributed by atoms with van der Waals surface area (Å²) in [6, 6.07) is 10.1. The first-order chi connectivity index (χ1) is 22.6. The van der Waals surface area contributed by atoms with Crippen molar-refractivity contribution in [3.8, 4) is 28.7 Å². The lowest BCUT2D eigenvalue weighted by Crippen LogP contribution is -2.43. The maximum atomic E-state index is 14.7.